The molecule has 0 saturated heterocycles. The number of rotatable bonds is 2. The van der Waals surface area contributed by atoms with Crippen LogP contribution in [0.4, 0.5) is 0 Å². The van der Waals surface area contributed by atoms with E-state index in [0.29, 0.717) is 0 Å². The van der Waals surface area contributed by atoms with Gasteiger partial charge in [-0.15, -0.1) is 0 Å². The Morgan fingerprint density at radius 1 is 0.774 bits per heavy atom. The number of fused-ring (bicyclic) bond motifs is 6. The first-order valence-electron chi connectivity index (χ1n) is 11.2. The van der Waals surface area contributed by atoms with E-state index in [-0.39, 0.29) is 16.2 Å². The molecule has 0 N–H and O–H groups in total. The quantitative estimate of drug-likeness (QED) is 0.372. The van der Waals surface area contributed by atoms with Gasteiger partial charge in [-0.2, -0.15) is 0 Å². The van der Waals surface area contributed by atoms with Crippen LogP contribution in [0.25, 0.3) is 33.4 Å². The third-order valence-corrected chi connectivity index (χ3v) is 8.86. The maximum absolute atomic E-state index is 5.18. The van der Waals surface area contributed by atoms with Gasteiger partial charge in [-0.25, -0.2) is 9.97 Å². The van der Waals surface area contributed by atoms with Crippen molar-refractivity contribution in [2.24, 2.45) is 5.41 Å². The predicted molar refractivity (Wildman–Crippen MR) is 126 cm³/mol. The average Bonchev–Trinajstić information content (AvgIpc) is 3.06. The first kappa shape index (κ1) is 18.7. The molecule has 31 heavy (non-hydrogen) atoms. The van der Waals surface area contributed by atoms with E-state index >= 15 is 0 Å². The molecule has 3 heteroatoms. The lowest BCUT2D eigenvalue weighted by molar-refractivity contribution is 0.170. The summed E-state index contributed by atoms with van der Waals surface area (Å²) >= 11 is 0. The minimum atomic E-state index is 0.101. The van der Waals surface area contributed by atoms with Crippen LogP contribution >= 0.6 is 0 Å². The van der Waals surface area contributed by atoms with Crippen LogP contribution in [0.2, 0.25) is 0 Å². The van der Waals surface area contributed by atoms with Gasteiger partial charge in [0.15, 0.2) is 5.82 Å². The van der Waals surface area contributed by atoms with Crippen LogP contribution in [-0.2, 0) is 10.8 Å². The highest BCUT2D eigenvalue weighted by atomic mass is 14.9. The highest BCUT2D eigenvalue weighted by Crippen LogP contribution is 2.70. The largest absolute Gasteiger partial charge is 0.256 e. The van der Waals surface area contributed by atoms with Crippen molar-refractivity contribution < 1.29 is 0 Å². The molecule has 3 nitrogen and oxygen atoms in total. The van der Waals surface area contributed by atoms with Crippen LogP contribution in [0.5, 0.6) is 0 Å². The summed E-state index contributed by atoms with van der Waals surface area (Å²) < 4.78 is 0. The van der Waals surface area contributed by atoms with E-state index < -0.39 is 0 Å². The lowest BCUT2D eigenvalue weighted by Gasteiger charge is -2.38. The summed E-state index contributed by atoms with van der Waals surface area (Å²) in [6.45, 7) is 9.62. The summed E-state index contributed by atoms with van der Waals surface area (Å²) in [7, 11) is 0. The molecule has 0 amide bonds. The van der Waals surface area contributed by atoms with Gasteiger partial charge >= 0.3 is 0 Å². The molecule has 2 aliphatic rings. The third-order valence-electron chi connectivity index (χ3n) is 8.86. The van der Waals surface area contributed by atoms with Gasteiger partial charge in [-0.3, -0.25) is 4.98 Å². The van der Waals surface area contributed by atoms with Crippen LogP contribution in [0.1, 0.15) is 51.8 Å². The van der Waals surface area contributed by atoms with Crippen molar-refractivity contribution in [1.82, 2.24) is 15.0 Å². The fourth-order valence-electron chi connectivity index (χ4n) is 6.12. The van der Waals surface area contributed by atoms with Crippen molar-refractivity contribution in [3.05, 3.63) is 78.2 Å². The van der Waals surface area contributed by atoms with Gasteiger partial charge in [-0.05, 0) is 41.3 Å². The van der Waals surface area contributed by atoms with Crippen LogP contribution in [0.15, 0.2) is 67.0 Å². The standard InChI is InChI=1S/C28H27N3/c1-26(2)27(3)13-14-28(26,4)24-22(27)17-30-25(31-24)20-10-7-9-19(16-20)23-21-11-6-5-8-18(21)12-15-29-23/h5-12,15-17H,13-14H2,1-4H3. The fraction of sp³-hybridized carbons (Fsp3) is 0.321. The second kappa shape index (κ2) is 6.00. The first-order chi connectivity index (χ1) is 14.9. The molecule has 2 bridgehead atoms. The topological polar surface area (TPSA) is 38.7 Å². The monoisotopic (exact) mass is 405 g/mol. The Bertz CT molecular complexity index is 1350. The molecule has 1 saturated carbocycles. The van der Waals surface area contributed by atoms with Gasteiger partial charge in [0.2, 0.25) is 0 Å². The molecule has 2 aromatic carbocycles. The molecule has 0 radical (unpaired) electrons. The average molecular weight is 406 g/mol. The molecule has 0 spiro atoms. The van der Waals surface area contributed by atoms with E-state index in [2.05, 4.69) is 88.5 Å². The first-order valence-corrected chi connectivity index (χ1v) is 11.2. The molecule has 6 rings (SSSR count). The zero-order chi connectivity index (χ0) is 21.4. The highest BCUT2D eigenvalue weighted by molar-refractivity contribution is 5.94. The van der Waals surface area contributed by atoms with E-state index in [1.807, 2.05) is 6.20 Å². The Morgan fingerprint density at radius 3 is 2.42 bits per heavy atom. The molecule has 2 heterocycles. The zero-order valence-corrected chi connectivity index (χ0v) is 18.6. The van der Waals surface area contributed by atoms with Gasteiger partial charge in [0.05, 0.1) is 11.4 Å². The molecule has 154 valence electrons. The van der Waals surface area contributed by atoms with Gasteiger partial charge in [0.25, 0.3) is 0 Å². The summed E-state index contributed by atoms with van der Waals surface area (Å²) in [5, 5.41) is 2.36. The zero-order valence-electron chi connectivity index (χ0n) is 18.6. The number of pyridine rings is 1. The molecular weight excluding hydrogens is 378 g/mol. The van der Waals surface area contributed by atoms with E-state index in [4.69, 9.17) is 15.0 Å². The fourth-order valence-corrected chi connectivity index (χ4v) is 6.12. The Hall–Kier alpha value is -3.07. The van der Waals surface area contributed by atoms with E-state index in [9.17, 15) is 0 Å². The summed E-state index contributed by atoms with van der Waals surface area (Å²) in [4.78, 5) is 14.7. The molecule has 1 fully saturated rings. The molecule has 2 aromatic heterocycles. The van der Waals surface area contributed by atoms with Crippen molar-refractivity contribution in [2.45, 2.75) is 51.4 Å². The lowest BCUT2D eigenvalue weighted by atomic mass is 9.64. The number of aromatic nitrogens is 3. The minimum Gasteiger partial charge on any atom is -0.256 e. The number of nitrogens with zero attached hydrogens (tertiary/aromatic N) is 3. The Labute approximate surface area is 183 Å². The molecule has 2 aliphatic carbocycles. The molecular formula is C28H27N3. The van der Waals surface area contributed by atoms with Crippen LogP contribution < -0.4 is 0 Å². The van der Waals surface area contributed by atoms with Gasteiger partial charge in [-0.1, -0.05) is 70.2 Å². The van der Waals surface area contributed by atoms with Crippen molar-refractivity contribution in [3.63, 3.8) is 0 Å². The molecule has 2 atom stereocenters. The third kappa shape index (κ3) is 2.27. The number of hydrogen-bond donors (Lipinski definition) is 0. The number of hydrogen-bond acceptors (Lipinski definition) is 3. The second-order valence-electron chi connectivity index (χ2n) is 10.2. The van der Waals surface area contributed by atoms with E-state index in [0.717, 1.165) is 28.0 Å². The van der Waals surface area contributed by atoms with Crippen molar-refractivity contribution in [3.8, 4) is 22.6 Å². The van der Waals surface area contributed by atoms with Crippen LogP contribution in [0, 0.1) is 5.41 Å². The normalized spacial score (nSPS) is 25.7. The minimum absolute atomic E-state index is 0.101. The SMILES string of the molecule is CC12CCC(C)(c3nc(-c4cccc(-c5nccc6ccccc56)c4)ncc31)C2(C)C. The molecule has 0 aliphatic heterocycles. The summed E-state index contributed by atoms with van der Waals surface area (Å²) in [6.07, 6.45) is 6.40. The van der Waals surface area contributed by atoms with Crippen LogP contribution in [0.3, 0.4) is 0 Å². The Balaban J connectivity index is 1.49. The maximum atomic E-state index is 5.18. The lowest BCUT2D eigenvalue weighted by Crippen LogP contribution is -2.37. The Morgan fingerprint density at radius 2 is 1.55 bits per heavy atom. The number of benzene rings is 2. The second-order valence-corrected chi connectivity index (χ2v) is 10.2. The van der Waals surface area contributed by atoms with Gasteiger partial charge in [0, 0.05) is 39.7 Å². The molecule has 4 aromatic rings. The van der Waals surface area contributed by atoms with Crippen molar-refractivity contribution in [2.75, 3.05) is 0 Å². The van der Waals surface area contributed by atoms with Crippen molar-refractivity contribution >= 4 is 10.8 Å². The van der Waals surface area contributed by atoms with E-state index in [1.54, 1.807) is 0 Å². The van der Waals surface area contributed by atoms with E-state index in [1.165, 1.54) is 29.5 Å². The Kier molecular flexibility index (Phi) is 3.62. The molecule has 2 unspecified atom stereocenters. The summed E-state index contributed by atoms with van der Waals surface area (Å²) in [5.41, 5.74) is 6.19. The van der Waals surface area contributed by atoms with Gasteiger partial charge < -0.3 is 0 Å². The van der Waals surface area contributed by atoms with Crippen molar-refractivity contribution in [1.29, 1.82) is 0 Å². The smallest absolute Gasteiger partial charge is 0.159 e. The summed E-state index contributed by atoms with van der Waals surface area (Å²) in [5.74, 6) is 0.814. The van der Waals surface area contributed by atoms with Gasteiger partial charge in [0.1, 0.15) is 0 Å². The predicted octanol–water partition coefficient (Wildman–Crippen LogP) is 6.71. The maximum Gasteiger partial charge on any atom is 0.159 e. The summed E-state index contributed by atoms with van der Waals surface area (Å²) in [6, 6.07) is 19.0. The van der Waals surface area contributed by atoms with Crippen LogP contribution in [-0.4, -0.2) is 15.0 Å². The highest BCUT2D eigenvalue weighted by Gasteiger charge is 2.66.